The maximum Gasteiger partial charge on any atom is 0.253 e. The van der Waals surface area contributed by atoms with Gasteiger partial charge in [0.2, 0.25) is 5.91 Å². The van der Waals surface area contributed by atoms with Crippen LogP contribution in [-0.2, 0) is 4.79 Å². The molecule has 0 spiro atoms. The zero-order valence-electron chi connectivity index (χ0n) is 13.6. The highest BCUT2D eigenvalue weighted by Crippen LogP contribution is 2.26. The van der Waals surface area contributed by atoms with Gasteiger partial charge in [-0.1, -0.05) is 6.07 Å². The Labute approximate surface area is 132 Å². The third-order valence-corrected chi connectivity index (χ3v) is 4.33. The third-order valence-electron chi connectivity index (χ3n) is 4.33. The Balaban J connectivity index is 2.11. The number of hydrogen-bond acceptors (Lipinski definition) is 3. The monoisotopic (exact) mass is 303 g/mol. The summed E-state index contributed by atoms with van der Waals surface area (Å²) in [5.74, 6) is -0.000202. The number of nitrogens with zero attached hydrogens (tertiary/aromatic N) is 1. The van der Waals surface area contributed by atoms with E-state index < -0.39 is 0 Å². The van der Waals surface area contributed by atoms with Crippen molar-refractivity contribution in [3.63, 3.8) is 0 Å². The van der Waals surface area contributed by atoms with E-state index in [1.165, 1.54) is 0 Å². The fraction of sp³-hybridized carbons (Fsp3) is 0.529. The van der Waals surface area contributed by atoms with E-state index in [9.17, 15) is 9.59 Å². The van der Waals surface area contributed by atoms with Crippen LogP contribution in [0.4, 0.5) is 5.69 Å². The average molecular weight is 303 g/mol. The summed E-state index contributed by atoms with van der Waals surface area (Å²) < 4.78 is 0. The fourth-order valence-electron chi connectivity index (χ4n) is 2.72. The van der Waals surface area contributed by atoms with E-state index in [-0.39, 0.29) is 17.2 Å². The Hall–Kier alpha value is -1.88. The van der Waals surface area contributed by atoms with Crippen LogP contribution in [-0.4, -0.2) is 42.9 Å². The molecule has 1 aliphatic rings. The lowest BCUT2D eigenvalue weighted by Gasteiger charge is -2.22. The Morgan fingerprint density at radius 2 is 2.05 bits per heavy atom. The largest absolute Gasteiger partial charge is 0.339 e. The van der Waals surface area contributed by atoms with E-state index in [0.717, 1.165) is 13.0 Å². The number of anilines is 1. The second-order valence-corrected chi connectivity index (χ2v) is 6.00. The minimum Gasteiger partial charge on any atom is -0.339 e. The van der Waals surface area contributed by atoms with Crippen molar-refractivity contribution in [1.29, 1.82) is 0 Å². The predicted molar refractivity (Wildman–Crippen MR) is 87.9 cm³/mol. The van der Waals surface area contributed by atoms with Crippen LogP contribution in [0.15, 0.2) is 24.3 Å². The molecule has 2 N–H and O–H groups in total. The van der Waals surface area contributed by atoms with Crippen molar-refractivity contribution < 1.29 is 9.59 Å². The molecule has 0 aromatic heterocycles. The van der Waals surface area contributed by atoms with Gasteiger partial charge in [-0.2, -0.15) is 0 Å². The second kappa shape index (κ2) is 6.92. The van der Waals surface area contributed by atoms with Crippen molar-refractivity contribution in [3.05, 3.63) is 29.8 Å². The molecule has 1 saturated heterocycles. The van der Waals surface area contributed by atoms with Gasteiger partial charge in [-0.25, -0.2) is 0 Å². The van der Waals surface area contributed by atoms with Crippen molar-refractivity contribution in [2.45, 2.75) is 27.2 Å². The average Bonchev–Trinajstić information content (AvgIpc) is 2.97. The van der Waals surface area contributed by atoms with Gasteiger partial charge in [0.1, 0.15) is 0 Å². The van der Waals surface area contributed by atoms with Gasteiger partial charge in [0.15, 0.2) is 0 Å². The maximum absolute atomic E-state index is 12.4. The van der Waals surface area contributed by atoms with Crippen LogP contribution in [0.5, 0.6) is 0 Å². The first-order valence-corrected chi connectivity index (χ1v) is 7.91. The molecule has 0 saturated carbocycles. The topological polar surface area (TPSA) is 61.4 Å². The number of carbonyl (C=O) groups is 2. The van der Waals surface area contributed by atoms with Crippen molar-refractivity contribution in [3.8, 4) is 0 Å². The first-order valence-electron chi connectivity index (χ1n) is 7.91. The Morgan fingerprint density at radius 3 is 2.64 bits per heavy atom. The van der Waals surface area contributed by atoms with E-state index in [1.54, 1.807) is 17.0 Å². The minimum atomic E-state index is -0.376. The zero-order chi connectivity index (χ0) is 16.2. The molecular formula is C17H25N3O2. The van der Waals surface area contributed by atoms with Crippen LogP contribution < -0.4 is 10.6 Å². The van der Waals surface area contributed by atoms with Crippen molar-refractivity contribution in [1.82, 2.24) is 10.2 Å². The lowest BCUT2D eigenvalue weighted by atomic mass is 9.88. The Bertz CT molecular complexity index is 547. The number of carbonyl (C=O) groups excluding carboxylic acids is 2. The van der Waals surface area contributed by atoms with E-state index in [2.05, 4.69) is 10.6 Å². The van der Waals surface area contributed by atoms with E-state index in [1.807, 2.05) is 32.9 Å². The molecule has 1 aromatic rings. The fourth-order valence-corrected chi connectivity index (χ4v) is 2.72. The zero-order valence-corrected chi connectivity index (χ0v) is 13.6. The summed E-state index contributed by atoms with van der Waals surface area (Å²) in [6.07, 6.45) is 0.830. The molecule has 5 heteroatoms. The molecule has 2 amide bonds. The van der Waals surface area contributed by atoms with Gasteiger partial charge in [0, 0.05) is 30.9 Å². The Kier molecular flexibility index (Phi) is 5.19. The molecule has 0 bridgehead atoms. The molecule has 1 heterocycles. The molecular weight excluding hydrogens is 278 g/mol. The Morgan fingerprint density at radius 1 is 1.32 bits per heavy atom. The van der Waals surface area contributed by atoms with Crippen LogP contribution in [0.3, 0.4) is 0 Å². The lowest BCUT2D eigenvalue weighted by molar-refractivity contribution is -0.123. The summed E-state index contributed by atoms with van der Waals surface area (Å²) >= 11 is 0. The lowest BCUT2D eigenvalue weighted by Crippen LogP contribution is -2.35. The first-order chi connectivity index (χ1) is 10.5. The highest BCUT2D eigenvalue weighted by atomic mass is 16.2. The quantitative estimate of drug-likeness (QED) is 0.876. The number of rotatable bonds is 5. The summed E-state index contributed by atoms with van der Waals surface area (Å²) in [6.45, 7) is 8.79. The molecule has 22 heavy (non-hydrogen) atoms. The van der Waals surface area contributed by atoms with Crippen LogP contribution in [0.1, 0.15) is 37.6 Å². The van der Waals surface area contributed by atoms with Gasteiger partial charge < -0.3 is 15.5 Å². The minimum absolute atomic E-state index is 0.00457. The highest BCUT2D eigenvalue weighted by Gasteiger charge is 2.36. The van der Waals surface area contributed by atoms with Crippen molar-refractivity contribution >= 4 is 17.5 Å². The van der Waals surface area contributed by atoms with Gasteiger partial charge in [0.25, 0.3) is 5.91 Å². The molecule has 0 radical (unpaired) electrons. The number of amides is 2. The van der Waals surface area contributed by atoms with Gasteiger partial charge in [0.05, 0.1) is 5.41 Å². The second-order valence-electron chi connectivity index (χ2n) is 6.00. The smallest absolute Gasteiger partial charge is 0.253 e. The molecule has 120 valence electrons. The maximum atomic E-state index is 12.4. The van der Waals surface area contributed by atoms with Crippen LogP contribution in [0, 0.1) is 5.41 Å². The molecule has 1 unspecified atom stereocenters. The molecule has 1 aliphatic heterocycles. The molecule has 0 aliphatic carbocycles. The molecule has 1 fully saturated rings. The third kappa shape index (κ3) is 3.47. The van der Waals surface area contributed by atoms with Crippen LogP contribution >= 0.6 is 0 Å². The number of nitrogens with one attached hydrogen (secondary N) is 2. The van der Waals surface area contributed by atoms with E-state index in [0.29, 0.717) is 30.9 Å². The van der Waals surface area contributed by atoms with E-state index in [4.69, 9.17) is 0 Å². The molecule has 2 rings (SSSR count). The summed E-state index contributed by atoms with van der Waals surface area (Å²) in [7, 11) is 0. The van der Waals surface area contributed by atoms with Crippen molar-refractivity contribution in [2.24, 2.45) is 5.41 Å². The van der Waals surface area contributed by atoms with Crippen LogP contribution in [0.25, 0.3) is 0 Å². The summed E-state index contributed by atoms with van der Waals surface area (Å²) in [5, 5.41) is 6.16. The SMILES string of the molecule is CCN(CC)C(=O)c1cccc(NC(=O)C2(C)CCNC2)c1. The predicted octanol–water partition coefficient (Wildman–Crippen LogP) is 2.11. The van der Waals surface area contributed by atoms with Gasteiger partial charge >= 0.3 is 0 Å². The summed E-state index contributed by atoms with van der Waals surface area (Å²) in [4.78, 5) is 26.6. The van der Waals surface area contributed by atoms with Gasteiger partial charge in [-0.15, -0.1) is 0 Å². The number of hydrogen-bond donors (Lipinski definition) is 2. The first kappa shape index (κ1) is 16.5. The highest BCUT2D eigenvalue weighted by molar-refractivity contribution is 5.98. The number of benzene rings is 1. The molecule has 1 aromatic carbocycles. The normalized spacial score (nSPS) is 20.7. The molecule has 5 nitrogen and oxygen atoms in total. The van der Waals surface area contributed by atoms with E-state index >= 15 is 0 Å². The van der Waals surface area contributed by atoms with Crippen LogP contribution in [0.2, 0.25) is 0 Å². The van der Waals surface area contributed by atoms with Gasteiger partial charge in [-0.05, 0) is 51.9 Å². The summed E-state index contributed by atoms with van der Waals surface area (Å²) in [5.41, 5.74) is 0.908. The van der Waals surface area contributed by atoms with Gasteiger partial charge in [-0.3, -0.25) is 9.59 Å². The standard InChI is InChI=1S/C17H25N3O2/c1-4-20(5-2)15(21)13-7-6-8-14(11-13)19-16(22)17(3)9-10-18-12-17/h6-8,11,18H,4-5,9-10,12H2,1-3H3,(H,19,22). The molecule has 1 atom stereocenters. The summed E-state index contributed by atoms with van der Waals surface area (Å²) in [6, 6.07) is 7.17. The van der Waals surface area contributed by atoms with Crippen molar-refractivity contribution in [2.75, 3.05) is 31.5 Å².